The Morgan fingerprint density at radius 1 is 0.969 bits per heavy atom. The summed E-state index contributed by atoms with van der Waals surface area (Å²) in [6, 6.07) is 22.7. The van der Waals surface area contributed by atoms with Gasteiger partial charge in [0.1, 0.15) is 5.75 Å². The van der Waals surface area contributed by atoms with Crippen LogP contribution in [0.25, 0.3) is 0 Å². The van der Waals surface area contributed by atoms with Crippen molar-refractivity contribution in [3.63, 3.8) is 0 Å². The lowest BCUT2D eigenvalue weighted by atomic mass is 9.83. The van der Waals surface area contributed by atoms with Gasteiger partial charge < -0.3 is 15.0 Å². The molecule has 1 aliphatic heterocycles. The molecule has 164 valence electrons. The van der Waals surface area contributed by atoms with E-state index in [-0.39, 0.29) is 17.7 Å². The Morgan fingerprint density at radius 2 is 1.69 bits per heavy atom. The average molecular weight is 429 g/mol. The monoisotopic (exact) mass is 428 g/mol. The Hall–Kier alpha value is -3.60. The van der Waals surface area contributed by atoms with Gasteiger partial charge in [0.25, 0.3) is 0 Å². The van der Waals surface area contributed by atoms with Gasteiger partial charge >= 0.3 is 0 Å². The predicted octanol–water partition coefficient (Wildman–Crippen LogP) is 5.44. The number of aryl methyl sites for hydroxylation is 1. The molecule has 0 bridgehead atoms. The van der Waals surface area contributed by atoms with E-state index in [1.807, 2.05) is 86.6 Å². The van der Waals surface area contributed by atoms with Crippen LogP contribution in [0.2, 0.25) is 0 Å². The summed E-state index contributed by atoms with van der Waals surface area (Å²) in [5.41, 5.74) is 4.69. The normalized spacial score (nSPS) is 18.3. The van der Waals surface area contributed by atoms with Crippen molar-refractivity contribution >= 4 is 23.2 Å². The van der Waals surface area contributed by atoms with Crippen molar-refractivity contribution in [1.82, 2.24) is 0 Å². The van der Waals surface area contributed by atoms with E-state index in [1.165, 1.54) is 0 Å². The first-order valence-corrected chi connectivity index (χ1v) is 10.9. The number of hydrogen-bond acceptors (Lipinski definition) is 3. The summed E-state index contributed by atoms with van der Waals surface area (Å²) in [5, 5.41) is 3.13. The third-order valence-corrected chi connectivity index (χ3v) is 6.29. The molecule has 1 N–H and O–H groups in total. The number of amides is 2. The smallest absolute Gasteiger partial charge is 0.229 e. The van der Waals surface area contributed by atoms with E-state index in [2.05, 4.69) is 5.32 Å². The Morgan fingerprint density at radius 3 is 2.38 bits per heavy atom. The molecule has 5 nitrogen and oxygen atoms in total. The molecule has 0 saturated carbocycles. The summed E-state index contributed by atoms with van der Waals surface area (Å²) >= 11 is 0. The molecule has 0 unspecified atom stereocenters. The zero-order valence-electron chi connectivity index (χ0n) is 18.7. The standard InChI is InChI=1S/C27H28N2O3/c1-18-8-7-11-24(19(18)2)28-27(31)23-16-17-25(30)29(21-12-14-22(32-3)15-13-21)26(23)20-9-5-4-6-10-20/h4-15,23,26H,16-17H2,1-3H3,(H,28,31)/t23-,26+/m1/s1. The number of ether oxygens (including phenoxy) is 1. The van der Waals surface area contributed by atoms with Gasteiger partial charge in [-0.1, -0.05) is 42.5 Å². The van der Waals surface area contributed by atoms with Gasteiger partial charge in [-0.15, -0.1) is 0 Å². The minimum atomic E-state index is -0.393. The number of piperidine rings is 1. The van der Waals surface area contributed by atoms with Crippen LogP contribution in [0.5, 0.6) is 5.75 Å². The molecule has 3 aromatic rings. The van der Waals surface area contributed by atoms with Gasteiger partial charge in [0.2, 0.25) is 11.8 Å². The van der Waals surface area contributed by atoms with Crippen molar-refractivity contribution in [2.75, 3.05) is 17.3 Å². The van der Waals surface area contributed by atoms with E-state index in [0.717, 1.165) is 33.8 Å². The summed E-state index contributed by atoms with van der Waals surface area (Å²) in [6.45, 7) is 4.04. The highest BCUT2D eigenvalue weighted by atomic mass is 16.5. The Bertz CT molecular complexity index is 1110. The fourth-order valence-corrected chi connectivity index (χ4v) is 4.36. The number of hydrogen-bond donors (Lipinski definition) is 1. The summed E-state index contributed by atoms with van der Waals surface area (Å²) in [5.74, 6) is 0.286. The molecular formula is C27H28N2O3. The number of rotatable bonds is 5. The molecule has 0 aromatic heterocycles. The van der Waals surface area contributed by atoms with Crippen LogP contribution in [0.3, 0.4) is 0 Å². The molecular weight excluding hydrogens is 400 g/mol. The lowest BCUT2D eigenvalue weighted by molar-refractivity contribution is -0.125. The topological polar surface area (TPSA) is 58.6 Å². The number of carbonyl (C=O) groups is 2. The van der Waals surface area contributed by atoms with Crippen molar-refractivity contribution in [3.05, 3.63) is 89.5 Å². The zero-order valence-corrected chi connectivity index (χ0v) is 18.7. The zero-order chi connectivity index (χ0) is 22.7. The van der Waals surface area contributed by atoms with Crippen LogP contribution in [-0.4, -0.2) is 18.9 Å². The largest absolute Gasteiger partial charge is 0.497 e. The number of anilines is 2. The minimum absolute atomic E-state index is 0.0137. The second-order valence-electron chi connectivity index (χ2n) is 8.20. The van der Waals surface area contributed by atoms with Gasteiger partial charge in [0.05, 0.1) is 19.1 Å². The number of carbonyl (C=O) groups excluding carboxylic acids is 2. The highest BCUT2D eigenvalue weighted by Gasteiger charge is 2.41. The van der Waals surface area contributed by atoms with Gasteiger partial charge in [-0.2, -0.15) is 0 Å². The summed E-state index contributed by atoms with van der Waals surface area (Å²) in [6.07, 6.45) is 0.821. The Balaban J connectivity index is 1.72. The quantitative estimate of drug-likeness (QED) is 0.589. The molecule has 1 saturated heterocycles. The van der Waals surface area contributed by atoms with Gasteiger partial charge in [-0.05, 0) is 67.3 Å². The summed E-state index contributed by atoms with van der Waals surface area (Å²) in [4.78, 5) is 28.4. The van der Waals surface area contributed by atoms with Gasteiger partial charge in [-0.25, -0.2) is 0 Å². The van der Waals surface area contributed by atoms with Crippen LogP contribution in [0.4, 0.5) is 11.4 Å². The van der Waals surface area contributed by atoms with Crippen LogP contribution < -0.4 is 15.0 Å². The van der Waals surface area contributed by atoms with Crippen LogP contribution in [0.15, 0.2) is 72.8 Å². The molecule has 5 heteroatoms. The van der Waals surface area contributed by atoms with E-state index in [4.69, 9.17) is 4.74 Å². The van der Waals surface area contributed by atoms with E-state index < -0.39 is 6.04 Å². The van der Waals surface area contributed by atoms with Crippen molar-refractivity contribution < 1.29 is 14.3 Å². The van der Waals surface area contributed by atoms with E-state index in [9.17, 15) is 9.59 Å². The summed E-state index contributed by atoms with van der Waals surface area (Å²) in [7, 11) is 1.61. The molecule has 0 radical (unpaired) electrons. The average Bonchev–Trinajstić information content (AvgIpc) is 2.82. The number of nitrogens with one attached hydrogen (secondary N) is 1. The first kappa shape index (κ1) is 21.6. The fraction of sp³-hybridized carbons (Fsp3) is 0.259. The lowest BCUT2D eigenvalue weighted by Gasteiger charge is -2.41. The number of benzene rings is 3. The van der Waals surface area contributed by atoms with Crippen molar-refractivity contribution in [3.8, 4) is 5.75 Å². The van der Waals surface area contributed by atoms with Gasteiger partial charge in [-0.3, -0.25) is 9.59 Å². The van der Waals surface area contributed by atoms with E-state index in [1.54, 1.807) is 12.0 Å². The second-order valence-corrected chi connectivity index (χ2v) is 8.20. The first-order chi connectivity index (χ1) is 15.5. The third kappa shape index (κ3) is 4.24. The maximum atomic E-state index is 13.5. The van der Waals surface area contributed by atoms with Crippen molar-refractivity contribution in [2.45, 2.75) is 32.7 Å². The fourth-order valence-electron chi connectivity index (χ4n) is 4.36. The Kier molecular flexibility index (Phi) is 6.26. The Labute approximate surface area is 189 Å². The van der Waals surface area contributed by atoms with Crippen LogP contribution >= 0.6 is 0 Å². The predicted molar refractivity (Wildman–Crippen MR) is 127 cm³/mol. The highest BCUT2D eigenvalue weighted by molar-refractivity contribution is 6.00. The molecule has 1 aliphatic rings. The minimum Gasteiger partial charge on any atom is -0.497 e. The van der Waals surface area contributed by atoms with E-state index in [0.29, 0.717) is 12.8 Å². The number of methoxy groups -OCH3 is 1. The SMILES string of the molecule is COc1ccc(N2C(=O)CC[C@@H](C(=O)Nc3cccc(C)c3C)[C@@H]2c2ccccc2)cc1. The first-order valence-electron chi connectivity index (χ1n) is 10.9. The van der Waals surface area contributed by atoms with Crippen LogP contribution in [-0.2, 0) is 9.59 Å². The molecule has 0 spiro atoms. The summed E-state index contributed by atoms with van der Waals surface area (Å²) < 4.78 is 5.27. The van der Waals surface area contributed by atoms with Gasteiger partial charge in [0.15, 0.2) is 0 Å². The molecule has 1 heterocycles. The van der Waals surface area contributed by atoms with Crippen molar-refractivity contribution in [2.24, 2.45) is 5.92 Å². The molecule has 2 atom stereocenters. The maximum absolute atomic E-state index is 13.5. The van der Waals surface area contributed by atoms with Gasteiger partial charge in [0, 0.05) is 17.8 Å². The molecule has 2 amide bonds. The molecule has 0 aliphatic carbocycles. The third-order valence-electron chi connectivity index (χ3n) is 6.29. The second kappa shape index (κ2) is 9.27. The van der Waals surface area contributed by atoms with Crippen molar-refractivity contribution in [1.29, 1.82) is 0 Å². The molecule has 4 rings (SSSR count). The number of nitrogens with zero attached hydrogens (tertiary/aromatic N) is 1. The molecule has 32 heavy (non-hydrogen) atoms. The molecule has 3 aromatic carbocycles. The van der Waals surface area contributed by atoms with Crippen LogP contribution in [0.1, 0.15) is 35.6 Å². The molecule has 1 fully saturated rings. The van der Waals surface area contributed by atoms with E-state index >= 15 is 0 Å². The highest BCUT2D eigenvalue weighted by Crippen LogP contribution is 2.41. The lowest BCUT2D eigenvalue weighted by Crippen LogP contribution is -2.47. The maximum Gasteiger partial charge on any atom is 0.229 e. The van der Waals surface area contributed by atoms with Crippen LogP contribution in [0, 0.1) is 19.8 Å².